The molecule has 0 spiro atoms. The predicted octanol–water partition coefficient (Wildman–Crippen LogP) is 4.87. The van der Waals surface area contributed by atoms with E-state index in [9.17, 15) is 5.11 Å². The molecule has 0 radical (unpaired) electrons. The van der Waals surface area contributed by atoms with Crippen LogP contribution in [0.15, 0.2) is 40.9 Å². The Morgan fingerprint density at radius 3 is 2.48 bits per heavy atom. The molecule has 112 valence electrons. The Balaban J connectivity index is 2.28. The van der Waals surface area contributed by atoms with E-state index in [0.717, 1.165) is 16.5 Å². The standard InChI is InChI=1S/C17H19BrO3/c1-4-12-5-8-16(17(9-12)20-3)21-13-6-7-14(11(2)19)15(18)10-13/h5-11,19H,4H2,1-3H3/t11-/m0/s1. The van der Waals surface area contributed by atoms with E-state index in [2.05, 4.69) is 22.9 Å². The maximum atomic E-state index is 9.63. The number of methoxy groups -OCH3 is 1. The largest absolute Gasteiger partial charge is 0.493 e. The van der Waals surface area contributed by atoms with Gasteiger partial charge in [0.2, 0.25) is 0 Å². The smallest absolute Gasteiger partial charge is 0.169 e. The predicted molar refractivity (Wildman–Crippen MR) is 87.2 cm³/mol. The van der Waals surface area contributed by atoms with Gasteiger partial charge in [-0.1, -0.05) is 35.0 Å². The van der Waals surface area contributed by atoms with Crippen LogP contribution in [0, 0.1) is 0 Å². The monoisotopic (exact) mass is 350 g/mol. The van der Waals surface area contributed by atoms with Crippen LogP contribution >= 0.6 is 15.9 Å². The third-order valence-electron chi connectivity index (χ3n) is 3.29. The third kappa shape index (κ3) is 3.77. The molecule has 0 bridgehead atoms. The quantitative estimate of drug-likeness (QED) is 0.836. The maximum absolute atomic E-state index is 9.63. The number of ether oxygens (including phenoxy) is 2. The van der Waals surface area contributed by atoms with Crippen LogP contribution in [0.2, 0.25) is 0 Å². The fourth-order valence-corrected chi connectivity index (χ4v) is 2.74. The summed E-state index contributed by atoms with van der Waals surface area (Å²) in [5.41, 5.74) is 2.03. The van der Waals surface area contributed by atoms with Gasteiger partial charge in [0.25, 0.3) is 0 Å². The molecule has 0 amide bonds. The van der Waals surface area contributed by atoms with Crippen LogP contribution in [-0.2, 0) is 6.42 Å². The van der Waals surface area contributed by atoms with Crippen molar-refractivity contribution in [3.8, 4) is 17.2 Å². The Morgan fingerprint density at radius 2 is 1.90 bits per heavy atom. The first kappa shape index (κ1) is 15.9. The number of benzene rings is 2. The summed E-state index contributed by atoms with van der Waals surface area (Å²) in [6, 6.07) is 11.4. The minimum atomic E-state index is -0.521. The summed E-state index contributed by atoms with van der Waals surface area (Å²) in [5.74, 6) is 2.07. The molecular weight excluding hydrogens is 332 g/mol. The Morgan fingerprint density at radius 1 is 1.14 bits per heavy atom. The zero-order chi connectivity index (χ0) is 15.4. The summed E-state index contributed by atoms with van der Waals surface area (Å²) in [6.07, 6.45) is 0.428. The zero-order valence-corrected chi connectivity index (χ0v) is 14.0. The van der Waals surface area contributed by atoms with Gasteiger partial charge in [-0.15, -0.1) is 0 Å². The van der Waals surface area contributed by atoms with E-state index in [1.807, 2.05) is 36.4 Å². The molecule has 0 aliphatic heterocycles. The third-order valence-corrected chi connectivity index (χ3v) is 3.97. The van der Waals surface area contributed by atoms with Gasteiger partial charge in [-0.05, 0) is 48.7 Å². The van der Waals surface area contributed by atoms with Crippen LogP contribution < -0.4 is 9.47 Å². The first-order valence-corrected chi connectivity index (χ1v) is 7.66. The van der Waals surface area contributed by atoms with Gasteiger partial charge in [-0.25, -0.2) is 0 Å². The molecular formula is C17H19BrO3. The van der Waals surface area contributed by atoms with Crippen molar-refractivity contribution >= 4 is 15.9 Å². The summed E-state index contributed by atoms with van der Waals surface area (Å²) in [4.78, 5) is 0. The van der Waals surface area contributed by atoms with Crippen LogP contribution in [-0.4, -0.2) is 12.2 Å². The highest BCUT2D eigenvalue weighted by molar-refractivity contribution is 9.10. The lowest BCUT2D eigenvalue weighted by Crippen LogP contribution is -1.95. The van der Waals surface area contributed by atoms with Crippen LogP contribution in [0.5, 0.6) is 17.2 Å². The van der Waals surface area contributed by atoms with Gasteiger partial charge >= 0.3 is 0 Å². The van der Waals surface area contributed by atoms with Gasteiger partial charge in [-0.3, -0.25) is 0 Å². The van der Waals surface area contributed by atoms with Crippen LogP contribution in [0.3, 0.4) is 0 Å². The van der Waals surface area contributed by atoms with Gasteiger partial charge in [0.15, 0.2) is 11.5 Å². The molecule has 3 nitrogen and oxygen atoms in total. The fourth-order valence-electron chi connectivity index (χ4n) is 2.05. The molecule has 1 N–H and O–H groups in total. The molecule has 0 aliphatic carbocycles. The second-order valence-corrected chi connectivity index (χ2v) is 5.65. The topological polar surface area (TPSA) is 38.7 Å². The van der Waals surface area contributed by atoms with Crippen molar-refractivity contribution in [3.63, 3.8) is 0 Å². The van der Waals surface area contributed by atoms with Crippen molar-refractivity contribution in [2.45, 2.75) is 26.4 Å². The number of aliphatic hydroxyl groups is 1. The van der Waals surface area contributed by atoms with Crippen LogP contribution in [0.25, 0.3) is 0 Å². The molecule has 0 aliphatic rings. The van der Waals surface area contributed by atoms with Crippen molar-refractivity contribution in [2.75, 3.05) is 7.11 Å². The minimum absolute atomic E-state index is 0.521. The van der Waals surface area contributed by atoms with Gasteiger partial charge in [-0.2, -0.15) is 0 Å². The number of aryl methyl sites for hydroxylation is 1. The Bertz CT molecular complexity index is 623. The normalized spacial score (nSPS) is 12.0. The summed E-state index contributed by atoms with van der Waals surface area (Å²) < 4.78 is 12.1. The molecule has 2 aromatic carbocycles. The van der Waals surface area contributed by atoms with Crippen molar-refractivity contribution in [3.05, 3.63) is 52.0 Å². The van der Waals surface area contributed by atoms with Crippen molar-refractivity contribution in [1.29, 1.82) is 0 Å². The highest BCUT2D eigenvalue weighted by Crippen LogP contribution is 2.35. The lowest BCUT2D eigenvalue weighted by molar-refractivity contribution is 0.198. The van der Waals surface area contributed by atoms with E-state index in [-0.39, 0.29) is 0 Å². The minimum Gasteiger partial charge on any atom is -0.493 e. The van der Waals surface area contributed by atoms with E-state index in [0.29, 0.717) is 17.2 Å². The molecule has 0 saturated carbocycles. The molecule has 0 saturated heterocycles. The van der Waals surface area contributed by atoms with E-state index in [1.165, 1.54) is 5.56 Å². The van der Waals surface area contributed by atoms with Crippen molar-refractivity contribution in [1.82, 2.24) is 0 Å². The molecule has 4 heteroatoms. The second-order valence-electron chi connectivity index (χ2n) is 4.80. The lowest BCUT2D eigenvalue weighted by Gasteiger charge is -2.13. The van der Waals surface area contributed by atoms with Crippen LogP contribution in [0.4, 0.5) is 0 Å². The summed E-state index contributed by atoms with van der Waals surface area (Å²) in [6.45, 7) is 3.83. The van der Waals surface area contributed by atoms with E-state index in [4.69, 9.17) is 9.47 Å². The number of hydrogen-bond acceptors (Lipinski definition) is 3. The Labute approximate surface area is 133 Å². The molecule has 0 aromatic heterocycles. The number of rotatable bonds is 5. The molecule has 0 fully saturated rings. The average molecular weight is 351 g/mol. The number of hydrogen-bond donors (Lipinski definition) is 1. The molecule has 21 heavy (non-hydrogen) atoms. The first-order valence-electron chi connectivity index (χ1n) is 6.87. The molecule has 2 aromatic rings. The number of halogens is 1. The van der Waals surface area contributed by atoms with E-state index >= 15 is 0 Å². The van der Waals surface area contributed by atoms with Gasteiger partial charge in [0.1, 0.15) is 5.75 Å². The first-order chi connectivity index (χ1) is 10.0. The molecule has 2 rings (SSSR count). The number of aliphatic hydroxyl groups excluding tert-OH is 1. The SMILES string of the molecule is CCc1ccc(Oc2ccc([C@H](C)O)c(Br)c2)c(OC)c1. The molecule has 1 atom stereocenters. The van der Waals surface area contributed by atoms with Crippen LogP contribution in [0.1, 0.15) is 31.1 Å². The summed E-state index contributed by atoms with van der Waals surface area (Å²) in [7, 11) is 1.63. The lowest BCUT2D eigenvalue weighted by atomic mass is 10.1. The van der Waals surface area contributed by atoms with Crippen molar-refractivity contribution in [2.24, 2.45) is 0 Å². The van der Waals surface area contributed by atoms with Gasteiger partial charge < -0.3 is 14.6 Å². The summed E-state index contributed by atoms with van der Waals surface area (Å²) in [5, 5.41) is 9.63. The average Bonchev–Trinajstić information content (AvgIpc) is 2.47. The Hall–Kier alpha value is -1.52. The highest BCUT2D eigenvalue weighted by Gasteiger charge is 2.10. The maximum Gasteiger partial charge on any atom is 0.169 e. The van der Waals surface area contributed by atoms with Crippen molar-refractivity contribution < 1.29 is 14.6 Å². The molecule has 0 heterocycles. The molecule has 0 unspecified atom stereocenters. The van der Waals surface area contributed by atoms with Gasteiger partial charge in [0, 0.05) is 4.47 Å². The Kier molecular flexibility index (Phi) is 5.26. The fraction of sp³-hybridized carbons (Fsp3) is 0.294. The van der Waals surface area contributed by atoms with E-state index in [1.54, 1.807) is 14.0 Å². The van der Waals surface area contributed by atoms with Gasteiger partial charge in [0.05, 0.1) is 13.2 Å². The highest BCUT2D eigenvalue weighted by atomic mass is 79.9. The second kappa shape index (κ2) is 6.96. The zero-order valence-electron chi connectivity index (χ0n) is 12.4. The van der Waals surface area contributed by atoms with E-state index < -0.39 is 6.10 Å². The summed E-state index contributed by atoms with van der Waals surface area (Å²) >= 11 is 3.45.